The summed E-state index contributed by atoms with van der Waals surface area (Å²) in [4.78, 5) is 38.0. The number of methoxy groups -OCH3 is 1. The smallest absolute Gasteiger partial charge is 0.306 e. The molecule has 0 aliphatic carbocycles. The van der Waals surface area contributed by atoms with E-state index in [2.05, 4.69) is 10.1 Å². The van der Waals surface area contributed by atoms with E-state index in [0.29, 0.717) is 25.2 Å². The fourth-order valence-corrected chi connectivity index (χ4v) is 3.55. The summed E-state index contributed by atoms with van der Waals surface area (Å²) in [6.45, 7) is 0.924. The first kappa shape index (κ1) is 21.5. The molecule has 2 aromatic carbocycles. The highest BCUT2D eigenvalue weighted by Gasteiger charge is 2.28. The number of nitrogens with one attached hydrogen (secondary N) is 1. The Kier molecular flexibility index (Phi) is 7.17. The predicted molar refractivity (Wildman–Crippen MR) is 111 cm³/mol. The number of hydrogen-bond acceptors (Lipinski definition) is 4. The van der Waals surface area contributed by atoms with Crippen LogP contribution in [0.4, 0.5) is 10.1 Å². The van der Waals surface area contributed by atoms with Crippen LogP contribution in [-0.2, 0) is 19.1 Å². The molecule has 30 heavy (non-hydrogen) atoms. The predicted octanol–water partition coefficient (Wildman–Crippen LogP) is 3.62. The molecule has 0 saturated carbocycles. The number of esters is 1. The van der Waals surface area contributed by atoms with Gasteiger partial charge in [0.25, 0.3) is 0 Å². The topological polar surface area (TPSA) is 75.7 Å². The molecule has 0 spiro atoms. The molecule has 1 aliphatic heterocycles. The normalized spacial score (nSPS) is 16.1. The summed E-state index contributed by atoms with van der Waals surface area (Å²) in [6.07, 6.45) is 1.56. The number of benzene rings is 2. The van der Waals surface area contributed by atoms with Gasteiger partial charge >= 0.3 is 5.97 Å². The number of carbonyl (C=O) groups is 3. The van der Waals surface area contributed by atoms with E-state index in [-0.39, 0.29) is 36.4 Å². The van der Waals surface area contributed by atoms with Gasteiger partial charge in [-0.15, -0.1) is 0 Å². The lowest BCUT2D eigenvalue weighted by atomic mass is 9.96. The van der Waals surface area contributed by atoms with Crippen molar-refractivity contribution in [2.75, 3.05) is 25.5 Å². The van der Waals surface area contributed by atoms with Crippen LogP contribution in [0.2, 0.25) is 0 Å². The van der Waals surface area contributed by atoms with Gasteiger partial charge in [0.2, 0.25) is 11.8 Å². The van der Waals surface area contributed by atoms with Gasteiger partial charge in [0.05, 0.1) is 19.4 Å². The molecule has 6 nitrogen and oxygen atoms in total. The Hall–Kier alpha value is -3.22. The monoisotopic (exact) mass is 412 g/mol. The standard InChI is InChI=1S/C23H25FN2O4/c1-30-22(28)12-11-21(27)26-13-3-5-18(15-26)23(29)25-20-6-2-4-17(14-20)16-7-9-19(24)10-8-16/h2,4,6-10,14,18H,3,5,11-13,15H2,1H3,(H,25,29)/t18-/m1/s1. The molecule has 3 rings (SSSR count). The Labute approximate surface area is 175 Å². The van der Waals surface area contributed by atoms with Gasteiger partial charge in [-0.25, -0.2) is 4.39 Å². The van der Waals surface area contributed by atoms with Crippen LogP contribution >= 0.6 is 0 Å². The van der Waals surface area contributed by atoms with Crippen molar-refractivity contribution >= 4 is 23.5 Å². The number of piperidine rings is 1. The van der Waals surface area contributed by atoms with Crippen molar-refractivity contribution in [3.8, 4) is 11.1 Å². The third-order valence-electron chi connectivity index (χ3n) is 5.22. The lowest BCUT2D eigenvalue weighted by Crippen LogP contribution is -2.43. The molecule has 1 aliphatic rings. The van der Waals surface area contributed by atoms with Gasteiger partial charge in [-0.05, 0) is 48.2 Å². The molecule has 2 aromatic rings. The van der Waals surface area contributed by atoms with Gasteiger partial charge in [-0.2, -0.15) is 0 Å². The van der Waals surface area contributed by atoms with Crippen molar-refractivity contribution in [2.24, 2.45) is 5.92 Å². The number of carbonyl (C=O) groups excluding carboxylic acids is 3. The third kappa shape index (κ3) is 5.65. The zero-order chi connectivity index (χ0) is 21.5. The second-order valence-electron chi connectivity index (χ2n) is 7.33. The Morgan fingerprint density at radius 1 is 1.10 bits per heavy atom. The molecule has 1 atom stereocenters. The van der Waals surface area contributed by atoms with Crippen LogP contribution < -0.4 is 5.32 Å². The summed E-state index contributed by atoms with van der Waals surface area (Å²) in [5.41, 5.74) is 2.37. The fraction of sp³-hybridized carbons (Fsp3) is 0.348. The van der Waals surface area contributed by atoms with Gasteiger partial charge < -0.3 is 15.0 Å². The van der Waals surface area contributed by atoms with Crippen LogP contribution in [-0.4, -0.2) is 42.9 Å². The highest BCUT2D eigenvalue weighted by molar-refractivity contribution is 5.94. The Morgan fingerprint density at radius 2 is 1.87 bits per heavy atom. The van der Waals surface area contributed by atoms with Gasteiger partial charge in [-0.3, -0.25) is 14.4 Å². The van der Waals surface area contributed by atoms with Gasteiger partial charge in [-0.1, -0.05) is 24.3 Å². The van der Waals surface area contributed by atoms with Crippen molar-refractivity contribution in [1.29, 1.82) is 0 Å². The number of hydrogen-bond donors (Lipinski definition) is 1. The zero-order valence-corrected chi connectivity index (χ0v) is 16.9. The minimum Gasteiger partial charge on any atom is -0.469 e. The van der Waals surface area contributed by atoms with E-state index in [1.165, 1.54) is 19.2 Å². The van der Waals surface area contributed by atoms with E-state index in [0.717, 1.165) is 17.5 Å². The average molecular weight is 412 g/mol. The molecule has 0 unspecified atom stereocenters. The van der Waals surface area contributed by atoms with Crippen molar-refractivity contribution < 1.29 is 23.5 Å². The zero-order valence-electron chi connectivity index (χ0n) is 16.9. The molecule has 0 radical (unpaired) electrons. The molecule has 1 fully saturated rings. The number of amides is 2. The van der Waals surface area contributed by atoms with Crippen LogP contribution in [0.15, 0.2) is 48.5 Å². The summed E-state index contributed by atoms with van der Waals surface area (Å²) in [6, 6.07) is 13.5. The van der Waals surface area contributed by atoms with E-state index in [1.807, 2.05) is 18.2 Å². The van der Waals surface area contributed by atoms with E-state index >= 15 is 0 Å². The number of anilines is 1. The quantitative estimate of drug-likeness (QED) is 0.736. The highest BCUT2D eigenvalue weighted by atomic mass is 19.1. The molecular formula is C23H25FN2O4. The maximum Gasteiger partial charge on any atom is 0.306 e. The van der Waals surface area contributed by atoms with Crippen LogP contribution in [0.5, 0.6) is 0 Å². The van der Waals surface area contributed by atoms with Crippen molar-refractivity contribution in [3.05, 3.63) is 54.3 Å². The number of ether oxygens (including phenoxy) is 1. The summed E-state index contributed by atoms with van der Waals surface area (Å²) in [5, 5.41) is 2.93. The molecule has 158 valence electrons. The summed E-state index contributed by atoms with van der Waals surface area (Å²) < 4.78 is 17.7. The van der Waals surface area contributed by atoms with Crippen molar-refractivity contribution in [2.45, 2.75) is 25.7 Å². The number of halogens is 1. The summed E-state index contributed by atoms with van der Waals surface area (Å²) in [7, 11) is 1.29. The first-order valence-electron chi connectivity index (χ1n) is 9.97. The lowest BCUT2D eigenvalue weighted by Gasteiger charge is -2.32. The molecule has 1 saturated heterocycles. The molecule has 2 amide bonds. The Bertz CT molecular complexity index is 914. The van der Waals surface area contributed by atoms with Crippen LogP contribution in [0, 0.1) is 11.7 Å². The number of nitrogens with zero attached hydrogens (tertiary/aromatic N) is 1. The van der Waals surface area contributed by atoms with Crippen LogP contribution in [0.25, 0.3) is 11.1 Å². The second-order valence-corrected chi connectivity index (χ2v) is 7.33. The van der Waals surface area contributed by atoms with Gasteiger partial charge in [0.15, 0.2) is 0 Å². The maximum absolute atomic E-state index is 13.1. The molecule has 1 heterocycles. The molecule has 0 bridgehead atoms. The minimum atomic E-state index is -0.421. The minimum absolute atomic E-state index is 0.0405. The Morgan fingerprint density at radius 3 is 2.60 bits per heavy atom. The first-order chi connectivity index (χ1) is 14.5. The lowest BCUT2D eigenvalue weighted by molar-refractivity contribution is -0.144. The van der Waals surface area contributed by atoms with E-state index in [4.69, 9.17) is 0 Å². The SMILES string of the molecule is COC(=O)CCC(=O)N1CCC[C@@H](C(=O)Nc2cccc(-c3ccc(F)cc3)c2)C1. The van der Waals surface area contributed by atoms with Gasteiger partial charge in [0.1, 0.15) is 5.82 Å². The summed E-state index contributed by atoms with van der Waals surface area (Å²) >= 11 is 0. The average Bonchev–Trinajstić information content (AvgIpc) is 2.78. The van der Waals surface area contributed by atoms with Crippen molar-refractivity contribution in [3.63, 3.8) is 0 Å². The van der Waals surface area contributed by atoms with Crippen LogP contribution in [0.3, 0.4) is 0 Å². The van der Waals surface area contributed by atoms with E-state index in [1.54, 1.807) is 23.1 Å². The molecule has 7 heteroatoms. The third-order valence-corrected chi connectivity index (χ3v) is 5.22. The highest BCUT2D eigenvalue weighted by Crippen LogP contribution is 2.24. The van der Waals surface area contributed by atoms with E-state index in [9.17, 15) is 18.8 Å². The van der Waals surface area contributed by atoms with E-state index < -0.39 is 5.97 Å². The Balaban J connectivity index is 1.60. The second kappa shape index (κ2) is 10.0. The fourth-order valence-electron chi connectivity index (χ4n) is 3.55. The maximum atomic E-state index is 13.1. The summed E-state index contributed by atoms with van der Waals surface area (Å²) in [5.74, 6) is -1.31. The molecule has 1 N–H and O–H groups in total. The number of likely N-dealkylation sites (tertiary alicyclic amines) is 1. The number of rotatable bonds is 6. The molecule has 0 aromatic heterocycles. The largest absolute Gasteiger partial charge is 0.469 e. The first-order valence-corrected chi connectivity index (χ1v) is 9.97. The van der Waals surface area contributed by atoms with Crippen molar-refractivity contribution in [1.82, 2.24) is 4.90 Å². The van der Waals surface area contributed by atoms with Crippen LogP contribution in [0.1, 0.15) is 25.7 Å². The van der Waals surface area contributed by atoms with Gasteiger partial charge in [0, 0.05) is 25.2 Å². The molecular weight excluding hydrogens is 387 g/mol.